The van der Waals surface area contributed by atoms with Gasteiger partial charge >= 0.3 is 5.97 Å². The largest absolute Gasteiger partial charge is 0.488 e. The van der Waals surface area contributed by atoms with E-state index in [-0.39, 0.29) is 12.1 Å². The number of nitrogens with zero attached hydrogens (tertiary/aromatic N) is 1. The molecule has 0 N–H and O–H groups in total. The zero-order chi connectivity index (χ0) is 23.7. The summed E-state index contributed by atoms with van der Waals surface area (Å²) < 4.78 is 13.6. The normalized spacial score (nSPS) is 15.8. The van der Waals surface area contributed by atoms with E-state index >= 15 is 0 Å². The maximum Gasteiger partial charge on any atom is 0.337 e. The first-order valence-corrected chi connectivity index (χ1v) is 11.7. The second kappa shape index (κ2) is 9.48. The summed E-state index contributed by atoms with van der Waals surface area (Å²) in [6, 6.07) is 9.66. The summed E-state index contributed by atoms with van der Waals surface area (Å²) in [6.45, 7) is 8.38. The highest BCUT2D eigenvalue weighted by Gasteiger charge is 2.26. The number of aromatic nitrogens is 1. The van der Waals surface area contributed by atoms with Gasteiger partial charge in [0.05, 0.1) is 23.7 Å². The molecule has 0 spiro atoms. The fourth-order valence-electron chi connectivity index (χ4n) is 4.47. The molecule has 33 heavy (non-hydrogen) atoms. The van der Waals surface area contributed by atoms with Crippen LogP contribution in [0.4, 0.5) is 0 Å². The van der Waals surface area contributed by atoms with Gasteiger partial charge in [0.25, 0.3) is 0 Å². The summed E-state index contributed by atoms with van der Waals surface area (Å²) in [7, 11) is 1.41. The SMILES string of the molecule is COC(=O)c1cc2c3c(c1)c1cc(Cl)ccc1n3C=C(C)OC2C/C=C(\C)CCC=C(C)C. The molecule has 1 atom stereocenters. The Balaban J connectivity index is 1.86. The molecular formula is C28H30ClNO3. The van der Waals surface area contributed by atoms with Crippen LogP contribution in [0.15, 0.2) is 59.4 Å². The van der Waals surface area contributed by atoms with E-state index in [0.717, 1.165) is 46.0 Å². The van der Waals surface area contributed by atoms with Crippen molar-refractivity contribution in [2.45, 2.75) is 53.1 Å². The Labute approximate surface area is 200 Å². The fraction of sp³-hybridized carbons (Fsp3) is 0.321. The van der Waals surface area contributed by atoms with Gasteiger partial charge in [0.2, 0.25) is 0 Å². The highest BCUT2D eigenvalue weighted by atomic mass is 35.5. The topological polar surface area (TPSA) is 40.5 Å². The summed E-state index contributed by atoms with van der Waals surface area (Å²) in [5.41, 5.74) is 6.21. The maximum absolute atomic E-state index is 12.5. The number of ether oxygens (including phenoxy) is 2. The molecule has 4 rings (SSSR count). The Morgan fingerprint density at radius 3 is 2.67 bits per heavy atom. The van der Waals surface area contributed by atoms with Gasteiger partial charge in [0, 0.05) is 34.0 Å². The number of methoxy groups -OCH3 is 1. The highest BCUT2D eigenvalue weighted by molar-refractivity contribution is 6.32. The lowest BCUT2D eigenvalue weighted by Crippen LogP contribution is -2.07. The van der Waals surface area contributed by atoms with Crippen molar-refractivity contribution in [1.29, 1.82) is 0 Å². The lowest BCUT2D eigenvalue weighted by molar-refractivity contribution is 0.0600. The quantitative estimate of drug-likeness (QED) is 0.273. The number of rotatable bonds is 6. The number of fused-ring (bicyclic) bond motifs is 3. The van der Waals surface area contributed by atoms with Crippen molar-refractivity contribution in [3.8, 4) is 0 Å². The standard InChI is InChI=1S/C28H30ClNO3/c1-17(2)7-6-8-18(3)9-12-26-24-14-20(28(31)32-5)13-23-22-15-21(29)10-11-25(22)30(27(23)24)16-19(4)33-26/h7,9-11,13-16,26H,6,8,12H2,1-5H3/b18-9+. The average Bonchev–Trinajstić information content (AvgIpc) is 2.98. The number of benzene rings is 2. The number of hydrogen-bond acceptors (Lipinski definition) is 3. The van der Waals surface area contributed by atoms with Crippen molar-refractivity contribution < 1.29 is 14.3 Å². The predicted molar refractivity (Wildman–Crippen MR) is 137 cm³/mol. The zero-order valence-corrected chi connectivity index (χ0v) is 20.6. The minimum Gasteiger partial charge on any atom is -0.488 e. The third-order valence-electron chi connectivity index (χ3n) is 6.07. The van der Waals surface area contributed by atoms with Crippen LogP contribution in [0.25, 0.3) is 28.0 Å². The summed E-state index contributed by atoms with van der Waals surface area (Å²) in [4.78, 5) is 12.5. The molecule has 0 bridgehead atoms. The van der Waals surface area contributed by atoms with Crippen molar-refractivity contribution in [2.75, 3.05) is 7.11 Å². The van der Waals surface area contributed by atoms with Gasteiger partial charge in [0.1, 0.15) is 11.9 Å². The minimum absolute atomic E-state index is 0.215. The zero-order valence-electron chi connectivity index (χ0n) is 19.9. The van der Waals surface area contributed by atoms with Gasteiger partial charge in [-0.05, 0) is 70.9 Å². The Morgan fingerprint density at radius 2 is 1.94 bits per heavy atom. The van der Waals surface area contributed by atoms with Gasteiger partial charge in [-0.2, -0.15) is 0 Å². The van der Waals surface area contributed by atoms with Gasteiger partial charge in [-0.1, -0.05) is 34.9 Å². The first-order chi connectivity index (χ1) is 15.8. The summed E-state index contributed by atoms with van der Waals surface area (Å²) in [5.74, 6) is 0.456. The number of carbonyl (C=O) groups is 1. The summed E-state index contributed by atoms with van der Waals surface area (Å²) in [6.07, 6.45) is 9.09. The predicted octanol–water partition coefficient (Wildman–Crippen LogP) is 8.21. The lowest BCUT2D eigenvalue weighted by Gasteiger charge is -2.19. The van der Waals surface area contributed by atoms with Crippen LogP contribution in [-0.4, -0.2) is 17.6 Å². The van der Waals surface area contributed by atoms with E-state index in [4.69, 9.17) is 21.1 Å². The van der Waals surface area contributed by atoms with E-state index in [2.05, 4.69) is 37.5 Å². The molecule has 0 aliphatic carbocycles. The van der Waals surface area contributed by atoms with Crippen molar-refractivity contribution in [3.05, 3.63) is 75.5 Å². The molecule has 0 radical (unpaired) electrons. The Hall–Kier alpha value is -2.98. The molecule has 1 aromatic heterocycles. The van der Waals surface area contributed by atoms with E-state index in [0.29, 0.717) is 17.0 Å². The van der Waals surface area contributed by atoms with Gasteiger partial charge < -0.3 is 14.0 Å². The third kappa shape index (κ3) is 4.72. The Morgan fingerprint density at radius 1 is 1.15 bits per heavy atom. The molecule has 0 saturated heterocycles. The molecule has 1 unspecified atom stereocenters. The van der Waals surface area contributed by atoms with Crippen molar-refractivity contribution >= 4 is 45.6 Å². The first kappa shape index (κ1) is 23.2. The van der Waals surface area contributed by atoms with Gasteiger partial charge in [-0.25, -0.2) is 4.79 Å². The van der Waals surface area contributed by atoms with Gasteiger partial charge in [-0.3, -0.25) is 0 Å². The molecule has 5 heteroatoms. The maximum atomic E-state index is 12.5. The minimum atomic E-state index is -0.364. The molecule has 0 amide bonds. The fourth-order valence-corrected chi connectivity index (χ4v) is 4.65. The number of allylic oxidation sites excluding steroid dienone is 4. The molecule has 0 fully saturated rings. The van der Waals surface area contributed by atoms with E-state index in [1.807, 2.05) is 43.5 Å². The number of hydrogen-bond donors (Lipinski definition) is 0. The number of esters is 1. The molecule has 3 aromatic rings. The number of carbonyl (C=O) groups excluding carboxylic acids is 1. The Bertz CT molecular complexity index is 1320. The molecule has 4 nitrogen and oxygen atoms in total. The van der Waals surface area contributed by atoms with E-state index < -0.39 is 0 Å². The molecular weight excluding hydrogens is 434 g/mol. The molecule has 172 valence electrons. The average molecular weight is 464 g/mol. The molecule has 0 saturated carbocycles. The van der Waals surface area contributed by atoms with Crippen molar-refractivity contribution in [3.63, 3.8) is 0 Å². The monoisotopic (exact) mass is 463 g/mol. The first-order valence-electron chi connectivity index (χ1n) is 11.3. The number of halogens is 1. The van der Waals surface area contributed by atoms with Crippen LogP contribution < -0.4 is 0 Å². The van der Waals surface area contributed by atoms with Crippen LogP contribution in [0.3, 0.4) is 0 Å². The Kier molecular flexibility index (Phi) is 6.66. The summed E-state index contributed by atoms with van der Waals surface area (Å²) in [5, 5.41) is 2.63. The molecule has 2 aromatic carbocycles. The molecule has 1 aliphatic heterocycles. The molecule has 1 aliphatic rings. The third-order valence-corrected chi connectivity index (χ3v) is 6.30. The second-order valence-corrected chi connectivity index (χ2v) is 9.37. The summed E-state index contributed by atoms with van der Waals surface area (Å²) >= 11 is 6.34. The smallest absolute Gasteiger partial charge is 0.337 e. The highest BCUT2D eigenvalue weighted by Crippen LogP contribution is 2.41. The van der Waals surface area contributed by atoms with Crippen LogP contribution in [0.2, 0.25) is 5.02 Å². The van der Waals surface area contributed by atoms with Crippen molar-refractivity contribution in [1.82, 2.24) is 4.57 Å². The van der Waals surface area contributed by atoms with Gasteiger partial charge in [0.15, 0.2) is 0 Å². The van der Waals surface area contributed by atoms with E-state index in [9.17, 15) is 4.79 Å². The van der Waals surface area contributed by atoms with Crippen LogP contribution in [0, 0.1) is 0 Å². The lowest BCUT2D eigenvalue weighted by atomic mass is 9.97. The second-order valence-electron chi connectivity index (χ2n) is 8.94. The van der Waals surface area contributed by atoms with Crippen LogP contribution in [0.5, 0.6) is 0 Å². The van der Waals surface area contributed by atoms with Crippen LogP contribution in [-0.2, 0) is 9.47 Å². The van der Waals surface area contributed by atoms with Crippen molar-refractivity contribution in [2.24, 2.45) is 0 Å². The molecule has 2 heterocycles. The van der Waals surface area contributed by atoms with Crippen LogP contribution in [0.1, 0.15) is 69.0 Å². The van der Waals surface area contributed by atoms with Gasteiger partial charge in [-0.15, -0.1) is 0 Å². The van der Waals surface area contributed by atoms with E-state index in [1.54, 1.807) is 0 Å². The van der Waals surface area contributed by atoms with E-state index in [1.165, 1.54) is 18.3 Å². The van der Waals surface area contributed by atoms with Crippen LogP contribution >= 0.6 is 11.6 Å².